The van der Waals surface area contributed by atoms with E-state index in [2.05, 4.69) is 11.8 Å². The normalized spacial score (nSPS) is 23.0. The summed E-state index contributed by atoms with van der Waals surface area (Å²) in [6.07, 6.45) is 8.71. The number of aliphatic hydroxyl groups excluding tert-OH is 1. The van der Waals surface area contributed by atoms with Gasteiger partial charge in [-0.05, 0) is 37.0 Å². The molecule has 0 radical (unpaired) electrons. The number of hydrogen-bond acceptors (Lipinski definition) is 2. The van der Waals surface area contributed by atoms with E-state index in [4.69, 9.17) is 5.11 Å². The highest BCUT2D eigenvalue weighted by Gasteiger charge is 2.34. The van der Waals surface area contributed by atoms with Crippen LogP contribution in [0.25, 0.3) is 0 Å². The molecule has 1 rings (SSSR count). The molecule has 2 nitrogen and oxygen atoms in total. The van der Waals surface area contributed by atoms with Crippen molar-refractivity contribution in [3.05, 3.63) is 0 Å². The van der Waals surface area contributed by atoms with Gasteiger partial charge in [0.15, 0.2) is 6.29 Å². The van der Waals surface area contributed by atoms with Crippen molar-refractivity contribution in [2.75, 3.05) is 6.61 Å². The van der Waals surface area contributed by atoms with Crippen molar-refractivity contribution in [2.24, 2.45) is 11.8 Å². The fourth-order valence-electron chi connectivity index (χ4n) is 2.08. The summed E-state index contributed by atoms with van der Waals surface area (Å²) in [4.78, 5) is 9.94. The van der Waals surface area contributed by atoms with Gasteiger partial charge in [-0.15, -0.1) is 0 Å². The third-order valence-electron chi connectivity index (χ3n) is 3.10. The molecule has 15 heavy (non-hydrogen) atoms. The van der Waals surface area contributed by atoms with Crippen molar-refractivity contribution in [2.45, 2.75) is 44.9 Å². The van der Waals surface area contributed by atoms with Crippen LogP contribution in [0.3, 0.4) is 0 Å². The molecule has 0 aromatic carbocycles. The van der Waals surface area contributed by atoms with Gasteiger partial charge < -0.3 is 5.11 Å². The lowest BCUT2D eigenvalue weighted by Crippen LogP contribution is -1.87. The smallest absolute Gasteiger partial charge is 0.192 e. The van der Waals surface area contributed by atoms with Crippen molar-refractivity contribution in [3.63, 3.8) is 0 Å². The Morgan fingerprint density at radius 1 is 1.20 bits per heavy atom. The maximum Gasteiger partial charge on any atom is 0.192 e. The highest BCUT2D eigenvalue weighted by Crippen LogP contribution is 2.45. The average molecular weight is 208 g/mol. The molecule has 0 aromatic heterocycles. The van der Waals surface area contributed by atoms with E-state index < -0.39 is 0 Å². The number of carbonyl (C=O) groups is 1. The van der Waals surface area contributed by atoms with E-state index in [0.717, 1.165) is 37.5 Å². The highest BCUT2D eigenvalue weighted by molar-refractivity contribution is 5.72. The molecule has 1 N–H and O–H groups in total. The van der Waals surface area contributed by atoms with Crippen LogP contribution in [0.5, 0.6) is 0 Å². The second-order valence-electron chi connectivity index (χ2n) is 4.31. The molecule has 0 saturated heterocycles. The lowest BCUT2D eigenvalue weighted by molar-refractivity contribution is -0.103. The van der Waals surface area contributed by atoms with E-state index in [1.165, 1.54) is 19.3 Å². The first kappa shape index (κ1) is 12.3. The number of carbonyl (C=O) groups excluding carboxylic acids is 1. The van der Waals surface area contributed by atoms with Gasteiger partial charge in [0.2, 0.25) is 0 Å². The summed E-state index contributed by atoms with van der Waals surface area (Å²) in [7, 11) is 0. The number of rotatable bonds is 7. The van der Waals surface area contributed by atoms with Crippen LogP contribution < -0.4 is 0 Å². The minimum Gasteiger partial charge on any atom is -0.396 e. The third-order valence-corrected chi connectivity index (χ3v) is 3.10. The fraction of sp³-hybridized carbons (Fsp3) is 0.769. The molecule has 2 atom stereocenters. The Balaban J connectivity index is 1.91. The van der Waals surface area contributed by atoms with Crippen LogP contribution in [0, 0.1) is 23.7 Å². The first-order valence-corrected chi connectivity index (χ1v) is 5.91. The number of unbranched alkanes of at least 4 members (excludes halogenated alkanes) is 2. The minimum absolute atomic E-state index is 0.329. The van der Waals surface area contributed by atoms with Crippen LogP contribution >= 0.6 is 0 Å². The summed E-state index contributed by atoms with van der Waals surface area (Å²) >= 11 is 0. The van der Waals surface area contributed by atoms with Crippen molar-refractivity contribution in [3.8, 4) is 11.8 Å². The molecular weight excluding hydrogens is 188 g/mol. The lowest BCUT2D eigenvalue weighted by atomic mass is 10.1. The van der Waals surface area contributed by atoms with Crippen LogP contribution in [-0.2, 0) is 4.79 Å². The molecule has 1 saturated carbocycles. The maximum absolute atomic E-state index is 9.94. The Morgan fingerprint density at radius 2 is 2.00 bits per heavy atom. The maximum atomic E-state index is 9.94. The van der Waals surface area contributed by atoms with E-state index in [1.807, 2.05) is 0 Å². The molecule has 0 amide bonds. The molecule has 0 unspecified atom stereocenters. The van der Waals surface area contributed by atoms with E-state index in [0.29, 0.717) is 12.9 Å². The molecule has 1 aliphatic carbocycles. The summed E-state index contributed by atoms with van der Waals surface area (Å²) in [6, 6.07) is 0. The lowest BCUT2D eigenvalue weighted by Gasteiger charge is -1.98. The summed E-state index contributed by atoms with van der Waals surface area (Å²) in [5.74, 6) is 7.07. The van der Waals surface area contributed by atoms with Gasteiger partial charge in [-0.3, -0.25) is 4.79 Å². The minimum atomic E-state index is 0.329. The highest BCUT2D eigenvalue weighted by atomic mass is 16.2. The Morgan fingerprint density at radius 3 is 2.73 bits per heavy atom. The number of hydrogen-bond donors (Lipinski definition) is 1. The topological polar surface area (TPSA) is 37.3 Å². The van der Waals surface area contributed by atoms with E-state index in [1.54, 1.807) is 0 Å². The van der Waals surface area contributed by atoms with E-state index in [-0.39, 0.29) is 0 Å². The summed E-state index contributed by atoms with van der Waals surface area (Å²) in [6.45, 7) is 0.329. The van der Waals surface area contributed by atoms with Gasteiger partial charge in [-0.2, -0.15) is 0 Å². The molecule has 1 fully saturated rings. The SMILES string of the molecule is O=CC#CCC[C@H]1C[C@H]1CCCCCO. The predicted molar refractivity (Wildman–Crippen MR) is 60.2 cm³/mol. The first-order chi connectivity index (χ1) is 7.38. The van der Waals surface area contributed by atoms with Gasteiger partial charge in [-0.1, -0.05) is 25.2 Å². The molecule has 0 bridgehead atoms. The zero-order valence-electron chi connectivity index (χ0n) is 9.24. The molecule has 0 heterocycles. The Hall–Kier alpha value is -0.810. The largest absolute Gasteiger partial charge is 0.396 e. The molecule has 1 aliphatic rings. The van der Waals surface area contributed by atoms with Gasteiger partial charge in [0.1, 0.15) is 0 Å². The Bertz CT molecular complexity index is 237. The molecule has 0 aliphatic heterocycles. The predicted octanol–water partition coefficient (Wildman–Crippen LogP) is 2.16. The molecule has 0 aromatic rings. The second kappa shape index (κ2) is 7.48. The summed E-state index contributed by atoms with van der Waals surface area (Å²) < 4.78 is 0. The van der Waals surface area contributed by atoms with Gasteiger partial charge in [0, 0.05) is 13.0 Å². The van der Waals surface area contributed by atoms with Crippen molar-refractivity contribution in [1.82, 2.24) is 0 Å². The van der Waals surface area contributed by atoms with E-state index >= 15 is 0 Å². The average Bonchev–Trinajstić information content (AvgIpc) is 2.99. The zero-order valence-corrected chi connectivity index (χ0v) is 9.24. The van der Waals surface area contributed by atoms with Crippen molar-refractivity contribution >= 4 is 6.29 Å². The summed E-state index contributed by atoms with van der Waals surface area (Å²) in [5, 5.41) is 8.62. The zero-order chi connectivity index (χ0) is 10.9. The standard InChI is InChI=1S/C13H20O2/c14-9-5-1-3-7-12-11-13(12)8-4-2-6-10-15/h10,12-14H,1,3-5,7-9,11H2/t12-,13+/m1/s1. The van der Waals surface area contributed by atoms with Crippen LogP contribution in [0.4, 0.5) is 0 Å². The Labute approximate surface area is 92.1 Å². The van der Waals surface area contributed by atoms with Crippen molar-refractivity contribution < 1.29 is 9.90 Å². The van der Waals surface area contributed by atoms with Gasteiger partial charge in [0.25, 0.3) is 0 Å². The van der Waals surface area contributed by atoms with Gasteiger partial charge in [-0.25, -0.2) is 0 Å². The van der Waals surface area contributed by atoms with E-state index in [9.17, 15) is 4.79 Å². The fourth-order valence-corrected chi connectivity index (χ4v) is 2.08. The van der Waals surface area contributed by atoms with Crippen LogP contribution in [-0.4, -0.2) is 18.0 Å². The molecule has 2 heteroatoms. The molecular formula is C13H20O2. The number of aldehydes is 1. The Kier molecular flexibility index (Phi) is 6.11. The summed E-state index contributed by atoms with van der Waals surface area (Å²) in [5.41, 5.74) is 0. The van der Waals surface area contributed by atoms with Crippen LogP contribution in [0.15, 0.2) is 0 Å². The quantitative estimate of drug-likeness (QED) is 0.395. The second-order valence-corrected chi connectivity index (χ2v) is 4.31. The molecule has 84 valence electrons. The van der Waals surface area contributed by atoms with Crippen LogP contribution in [0.2, 0.25) is 0 Å². The van der Waals surface area contributed by atoms with Gasteiger partial charge in [0.05, 0.1) is 0 Å². The number of aliphatic hydroxyl groups is 1. The van der Waals surface area contributed by atoms with Crippen molar-refractivity contribution in [1.29, 1.82) is 0 Å². The third kappa shape index (κ3) is 5.59. The monoisotopic (exact) mass is 208 g/mol. The van der Waals surface area contributed by atoms with Crippen LogP contribution in [0.1, 0.15) is 44.9 Å². The first-order valence-electron chi connectivity index (χ1n) is 5.91. The molecule has 0 spiro atoms. The van der Waals surface area contributed by atoms with Gasteiger partial charge >= 0.3 is 0 Å².